The van der Waals surface area contributed by atoms with Crippen LogP contribution >= 0.6 is 0 Å². The highest BCUT2D eigenvalue weighted by Crippen LogP contribution is 2.13. The maximum atomic E-state index is 10.9. The minimum Gasteiger partial charge on any atom is -0.310 e. The predicted molar refractivity (Wildman–Crippen MR) is 57.1 cm³/mol. The van der Waals surface area contributed by atoms with Crippen LogP contribution in [0.3, 0.4) is 0 Å². The first-order valence-electron chi connectivity index (χ1n) is 4.73. The van der Waals surface area contributed by atoms with Gasteiger partial charge in [-0.15, -0.1) is 0 Å². The van der Waals surface area contributed by atoms with Gasteiger partial charge in [-0.1, -0.05) is 0 Å². The van der Waals surface area contributed by atoms with Gasteiger partial charge in [-0.25, -0.2) is 13.4 Å². The summed E-state index contributed by atoms with van der Waals surface area (Å²) < 4.78 is 21.9. The highest BCUT2D eigenvalue weighted by Gasteiger charge is 2.12. The monoisotopic (exact) mass is 232 g/mol. The SMILES string of the molecule is CNC(CCCS(C)(=O)=O)c1ncn[nH]1. The number of nitrogens with one attached hydrogen (secondary N) is 2. The first-order chi connectivity index (χ1) is 7.03. The Morgan fingerprint density at radius 1 is 1.60 bits per heavy atom. The van der Waals surface area contributed by atoms with Crippen molar-refractivity contribution < 1.29 is 8.42 Å². The zero-order valence-corrected chi connectivity index (χ0v) is 9.71. The number of aromatic nitrogens is 3. The third-order valence-electron chi connectivity index (χ3n) is 2.12. The fourth-order valence-corrected chi connectivity index (χ4v) is 2.04. The van der Waals surface area contributed by atoms with Gasteiger partial charge in [0.15, 0.2) is 0 Å². The highest BCUT2D eigenvalue weighted by molar-refractivity contribution is 7.90. The molecule has 1 heterocycles. The van der Waals surface area contributed by atoms with E-state index in [1.807, 2.05) is 7.05 Å². The van der Waals surface area contributed by atoms with Gasteiger partial charge in [-0.2, -0.15) is 5.10 Å². The largest absolute Gasteiger partial charge is 0.310 e. The molecule has 7 heteroatoms. The van der Waals surface area contributed by atoms with Crippen LogP contribution in [0, 0.1) is 0 Å². The van der Waals surface area contributed by atoms with E-state index in [0.717, 1.165) is 12.2 Å². The molecule has 1 atom stereocenters. The van der Waals surface area contributed by atoms with Gasteiger partial charge in [-0.05, 0) is 19.9 Å². The van der Waals surface area contributed by atoms with Crippen molar-refractivity contribution in [2.24, 2.45) is 0 Å². The number of hydrogen-bond donors (Lipinski definition) is 2. The molecule has 1 rings (SSSR count). The van der Waals surface area contributed by atoms with Gasteiger partial charge in [0, 0.05) is 12.0 Å². The maximum Gasteiger partial charge on any atom is 0.147 e. The summed E-state index contributed by atoms with van der Waals surface area (Å²) >= 11 is 0. The molecule has 2 N–H and O–H groups in total. The van der Waals surface area contributed by atoms with Crippen LogP contribution in [0.5, 0.6) is 0 Å². The van der Waals surface area contributed by atoms with E-state index in [2.05, 4.69) is 20.5 Å². The van der Waals surface area contributed by atoms with Crippen molar-refractivity contribution in [1.29, 1.82) is 0 Å². The summed E-state index contributed by atoms with van der Waals surface area (Å²) in [5.41, 5.74) is 0. The van der Waals surface area contributed by atoms with Gasteiger partial charge in [0.05, 0.1) is 6.04 Å². The summed E-state index contributed by atoms with van der Waals surface area (Å²) in [5.74, 6) is 0.949. The Morgan fingerprint density at radius 2 is 2.33 bits per heavy atom. The maximum absolute atomic E-state index is 10.9. The van der Waals surface area contributed by atoms with Crippen LogP contribution in [0.25, 0.3) is 0 Å². The molecule has 0 amide bonds. The normalized spacial score (nSPS) is 14.0. The van der Waals surface area contributed by atoms with Crippen molar-refractivity contribution in [2.75, 3.05) is 19.1 Å². The molecular weight excluding hydrogens is 216 g/mol. The third kappa shape index (κ3) is 4.39. The summed E-state index contributed by atoms with van der Waals surface area (Å²) in [6.45, 7) is 0. The van der Waals surface area contributed by atoms with Crippen LogP contribution in [0.2, 0.25) is 0 Å². The summed E-state index contributed by atoms with van der Waals surface area (Å²) in [7, 11) is -1.06. The van der Waals surface area contributed by atoms with Crippen molar-refractivity contribution in [1.82, 2.24) is 20.5 Å². The Labute approximate surface area is 89.4 Å². The lowest BCUT2D eigenvalue weighted by molar-refractivity contribution is 0.512. The minimum absolute atomic E-state index is 0.0363. The number of H-pyrrole nitrogens is 1. The number of rotatable bonds is 6. The van der Waals surface area contributed by atoms with Crippen molar-refractivity contribution in [3.63, 3.8) is 0 Å². The van der Waals surface area contributed by atoms with Crippen LogP contribution < -0.4 is 5.32 Å². The second-order valence-corrected chi connectivity index (χ2v) is 5.74. The average molecular weight is 232 g/mol. The summed E-state index contributed by atoms with van der Waals surface area (Å²) in [6, 6.07) is 0.0363. The van der Waals surface area contributed by atoms with E-state index in [1.54, 1.807) is 0 Å². The van der Waals surface area contributed by atoms with Crippen LogP contribution in [0.15, 0.2) is 6.33 Å². The zero-order valence-electron chi connectivity index (χ0n) is 8.90. The van der Waals surface area contributed by atoms with E-state index in [1.165, 1.54) is 12.6 Å². The molecule has 0 aliphatic rings. The summed E-state index contributed by atoms with van der Waals surface area (Å²) in [6.07, 6.45) is 4.02. The zero-order chi connectivity index (χ0) is 11.3. The van der Waals surface area contributed by atoms with E-state index >= 15 is 0 Å². The van der Waals surface area contributed by atoms with Gasteiger partial charge >= 0.3 is 0 Å². The molecule has 1 aromatic heterocycles. The van der Waals surface area contributed by atoms with Crippen molar-refractivity contribution >= 4 is 9.84 Å². The van der Waals surface area contributed by atoms with Gasteiger partial charge in [-0.3, -0.25) is 5.10 Å². The van der Waals surface area contributed by atoms with Gasteiger partial charge in [0.2, 0.25) is 0 Å². The van der Waals surface area contributed by atoms with Crippen molar-refractivity contribution in [3.8, 4) is 0 Å². The smallest absolute Gasteiger partial charge is 0.147 e. The fourth-order valence-electron chi connectivity index (χ4n) is 1.35. The van der Waals surface area contributed by atoms with Gasteiger partial charge in [0.1, 0.15) is 22.0 Å². The first-order valence-corrected chi connectivity index (χ1v) is 6.79. The number of hydrogen-bond acceptors (Lipinski definition) is 5. The van der Waals surface area contributed by atoms with E-state index < -0.39 is 9.84 Å². The molecule has 0 spiro atoms. The molecule has 0 aliphatic heterocycles. The molecule has 0 aromatic carbocycles. The van der Waals surface area contributed by atoms with Gasteiger partial charge in [0.25, 0.3) is 0 Å². The lowest BCUT2D eigenvalue weighted by Crippen LogP contribution is -2.19. The summed E-state index contributed by atoms with van der Waals surface area (Å²) in [5, 5.41) is 9.58. The van der Waals surface area contributed by atoms with Crippen LogP contribution in [-0.4, -0.2) is 42.7 Å². The van der Waals surface area contributed by atoms with Crippen molar-refractivity contribution in [2.45, 2.75) is 18.9 Å². The molecule has 86 valence electrons. The Kier molecular flexibility index (Phi) is 4.22. The predicted octanol–water partition coefficient (Wildman–Crippen LogP) is -0.110. The first kappa shape index (κ1) is 12.1. The minimum atomic E-state index is -2.87. The fraction of sp³-hybridized carbons (Fsp3) is 0.750. The molecule has 1 aromatic rings. The van der Waals surface area contributed by atoms with Crippen LogP contribution in [-0.2, 0) is 9.84 Å². The molecule has 0 aliphatic carbocycles. The molecule has 0 fully saturated rings. The highest BCUT2D eigenvalue weighted by atomic mass is 32.2. The standard InChI is InChI=1S/C8H16N4O2S/c1-9-7(8-10-6-11-12-8)4-3-5-15(2,13)14/h6-7,9H,3-5H2,1-2H3,(H,10,11,12). The number of aromatic amines is 1. The number of nitrogens with zero attached hydrogens (tertiary/aromatic N) is 2. The van der Waals surface area contributed by atoms with Crippen molar-refractivity contribution in [3.05, 3.63) is 12.2 Å². The lowest BCUT2D eigenvalue weighted by atomic mass is 10.1. The Balaban J connectivity index is 2.42. The second-order valence-electron chi connectivity index (χ2n) is 3.48. The topological polar surface area (TPSA) is 87.7 Å². The summed E-state index contributed by atoms with van der Waals surface area (Å²) in [4.78, 5) is 4.02. The molecule has 0 bridgehead atoms. The average Bonchev–Trinajstić information content (AvgIpc) is 2.63. The third-order valence-corrected chi connectivity index (χ3v) is 3.15. The van der Waals surface area contributed by atoms with E-state index in [4.69, 9.17) is 0 Å². The lowest BCUT2D eigenvalue weighted by Gasteiger charge is -2.12. The molecule has 0 radical (unpaired) electrons. The molecule has 1 unspecified atom stereocenters. The molecule has 0 saturated heterocycles. The second kappa shape index (κ2) is 5.22. The van der Waals surface area contributed by atoms with E-state index in [-0.39, 0.29) is 11.8 Å². The van der Waals surface area contributed by atoms with Gasteiger partial charge < -0.3 is 5.32 Å². The van der Waals surface area contributed by atoms with Crippen LogP contribution in [0.1, 0.15) is 24.7 Å². The quantitative estimate of drug-likeness (QED) is 0.714. The Hall–Kier alpha value is -0.950. The molecule has 15 heavy (non-hydrogen) atoms. The van der Waals surface area contributed by atoms with E-state index in [0.29, 0.717) is 6.42 Å². The Bertz CT molecular complexity index is 373. The number of sulfone groups is 1. The Morgan fingerprint density at radius 3 is 2.80 bits per heavy atom. The van der Waals surface area contributed by atoms with E-state index in [9.17, 15) is 8.42 Å². The van der Waals surface area contributed by atoms with Crippen LogP contribution in [0.4, 0.5) is 0 Å². The molecular formula is C8H16N4O2S. The molecule has 0 saturated carbocycles. The molecule has 6 nitrogen and oxygen atoms in total.